The van der Waals surface area contributed by atoms with Crippen LogP contribution in [0.2, 0.25) is 0 Å². The Morgan fingerprint density at radius 1 is 1.30 bits per heavy atom. The number of fused-ring (bicyclic) bond motifs is 3. The van der Waals surface area contributed by atoms with Crippen molar-refractivity contribution in [3.05, 3.63) is 40.8 Å². The van der Waals surface area contributed by atoms with Crippen molar-refractivity contribution < 1.29 is 4.79 Å². The lowest BCUT2D eigenvalue weighted by molar-refractivity contribution is -0.123. The third kappa shape index (κ3) is 2.13. The number of para-hydroxylation sites is 1. The molecule has 1 aromatic carbocycles. The van der Waals surface area contributed by atoms with Gasteiger partial charge in [-0.25, -0.2) is 4.68 Å². The van der Waals surface area contributed by atoms with Gasteiger partial charge < -0.3 is 9.88 Å². The Kier molecular flexibility index (Phi) is 3.01. The van der Waals surface area contributed by atoms with E-state index in [4.69, 9.17) is 0 Å². The van der Waals surface area contributed by atoms with Gasteiger partial charge in [-0.15, -0.1) is 0 Å². The third-order valence-electron chi connectivity index (χ3n) is 4.50. The number of rotatable bonds is 3. The highest BCUT2D eigenvalue weighted by molar-refractivity contribution is 6.08. The van der Waals surface area contributed by atoms with Crippen LogP contribution in [0, 0.1) is 0 Å². The summed E-state index contributed by atoms with van der Waals surface area (Å²) in [4.78, 5) is 25.1. The largest absolute Gasteiger partial charge is 0.352 e. The summed E-state index contributed by atoms with van der Waals surface area (Å²) in [5, 5.41) is 8.87. The summed E-state index contributed by atoms with van der Waals surface area (Å²) in [6.45, 7) is 1.84. The minimum Gasteiger partial charge on any atom is -0.352 e. The molecule has 0 radical (unpaired) electrons. The summed E-state index contributed by atoms with van der Waals surface area (Å²) in [5.74, 6) is -0.0472. The summed E-state index contributed by atoms with van der Waals surface area (Å²) in [6.07, 6.45) is 3.77. The fourth-order valence-electron chi connectivity index (χ4n) is 3.06. The van der Waals surface area contributed by atoms with Gasteiger partial charge in [-0.2, -0.15) is 5.10 Å². The van der Waals surface area contributed by atoms with Gasteiger partial charge in [-0.05, 0) is 25.8 Å². The summed E-state index contributed by atoms with van der Waals surface area (Å²) in [5.41, 5.74) is 1.22. The molecule has 2 heterocycles. The van der Waals surface area contributed by atoms with Crippen molar-refractivity contribution in [1.82, 2.24) is 19.7 Å². The molecule has 0 saturated heterocycles. The van der Waals surface area contributed by atoms with Crippen LogP contribution in [-0.4, -0.2) is 26.3 Å². The van der Waals surface area contributed by atoms with E-state index in [1.54, 1.807) is 13.2 Å². The second-order valence-electron chi connectivity index (χ2n) is 6.18. The number of hydrogen-bond acceptors (Lipinski definition) is 3. The van der Waals surface area contributed by atoms with E-state index < -0.39 is 6.04 Å². The van der Waals surface area contributed by atoms with Gasteiger partial charge in [0, 0.05) is 23.9 Å². The van der Waals surface area contributed by atoms with E-state index in [9.17, 15) is 9.59 Å². The van der Waals surface area contributed by atoms with Crippen molar-refractivity contribution in [2.24, 2.45) is 7.05 Å². The van der Waals surface area contributed by atoms with Crippen molar-refractivity contribution in [2.45, 2.75) is 31.8 Å². The topological polar surface area (TPSA) is 68.9 Å². The average Bonchev–Trinajstić information content (AvgIpc) is 3.30. The van der Waals surface area contributed by atoms with E-state index in [1.807, 2.05) is 35.8 Å². The van der Waals surface area contributed by atoms with Crippen molar-refractivity contribution in [1.29, 1.82) is 0 Å². The quantitative estimate of drug-likeness (QED) is 0.801. The SMILES string of the molecule is C[C@H](C(=O)NC1CC1)n1c2ccccc2c2cnn(C)c(=O)c21. The van der Waals surface area contributed by atoms with Crippen LogP contribution in [0.1, 0.15) is 25.8 Å². The summed E-state index contributed by atoms with van der Waals surface area (Å²) in [7, 11) is 1.62. The Hall–Kier alpha value is -2.63. The molecule has 1 saturated carbocycles. The van der Waals surface area contributed by atoms with Gasteiger partial charge in [0.1, 0.15) is 11.6 Å². The number of nitrogens with one attached hydrogen (secondary N) is 1. The van der Waals surface area contributed by atoms with Crippen LogP contribution in [0.3, 0.4) is 0 Å². The molecule has 1 aliphatic rings. The number of carbonyl (C=O) groups is 1. The van der Waals surface area contributed by atoms with Crippen molar-refractivity contribution in [3.8, 4) is 0 Å². The molecule has 0 bridgehead atoms. The van der Waals surface area contributed by atoms with E-state index in [0.717, 1.165) is 29.1 Å². The number of benzene rings is 1. The van der Waals surface area contributed by atoms with Gasteiger partial charge in [0.25, 0.3) is 5.56 Å². The van der Waals surface area contributed by atoms with Crippen molar-refractivity contribution in [3.63, 3.8) is 0 Å². The minimum atomic E-state index is -0.451. The second-order valence-corrected chi connectivity index (χ2v) is 6.18. The highest BCUT2D eigenvalue weighted by Gasteiger charge is 2.28. The normalized spacial score (nSPS) is 15.9. The standard InChI is InChI=1S/C17H18N4O2/c1-10(16(22)19-11-7-8-11)21-14-6-4-3-5-12(14)13-9-18-20(2)17(23)15(13)21/h3-6,9-11H,7-8H2,1-2H3,(H,19,22)/t10-/m1/s1. The van der Waals surface area contributed by atoms with Crippen LogP contribution >= 0.6 is 0 Å². The van der Waals surface area contributed by atoms with Gasteiger partial charge in [0.2, 0.25) is 5.91 Å². The molecule has 0 aliphatic heterocycles. The molecule has 0 unspecified atom stereocenters. The first kappa shape index (κ1) is 14.0. The van der Waals surface area contributed by atoms with Gasteiger partial charge in [-0.1, -0.05) is 18.2 Å². The molecular formula is C17H18N4O2. The maximum absolute atomic E-state index is 12.6. The number of nitrogens with zero attached hydrogens (tertiary/aromatic N) is 3. The molecule has 6 nitrogen and oxygen atoms in total. The van der Waals surface area contributed by atoms with Gasteiger partial charge >= 0.3 is 0 Å². The average molecular weight is 310 g/mol. The van der Waals surface area contributed by atoms with Crippen LogP contribution in [0.25, 0.3) is 21.8 Å². The maximum Gasteiger partial charge on any atom is 0.291 e. The summed E-state index contributed by atoms with van der Waals surface area (Å²) in [6, 6.07) is 7.59. The number of carbonyl (C=O) groups excluding carboxylic acids is 1. The van der Waals surface area contributed by atoms with E-state index in [-0.39, 0.29) is 11.5 Å². The Labute approximate surface area is 132 Å². The molecule has 1 aliphatic carbocycles. The number of aryl methyl sites for hydroxylation is 1. The molecule has 4 rings (SSSR count). The zero-order valence-electron chi connectivity index (χ0n) is 13.1. The number of hydrogen-bond donors (Lipinski definition) is 1. The lowest BCUT2D eigenvalue weighted by Crippen LogP contribution is -2.33. The van der Waals surface area contributed by atoms with Crippen LogP contribution in [-0.2, 0) is 11.8 Å². The predicted molar refractivity (Wildman–Crippen MR) is 88.4 cm³/mol. The first-order chi connectivity index (χ1) is 11.1. The zero-order chi connectivity index (χ0) is 16.1. The van der Waals surface area contributed by atoms with Crippen LogP contribution in [0.5, 0.6) is 0 Å². The van der Waals surface area contributed by atoms with Crippen LogP contribution in [0.4, 0.5) is 0 Å². The molecule has 0 spiro atoms. The Morgan fingerprint density at radius 2 is 2.04 bits per heavy atom. The summed E-state index contributed by atoms with van der Waals surface area (Å²) >= 11 is 0. The zero-order valence-corrected chi connectivity index (χ0v) is 13.1. The molecular weight excluding hydrogens is 292 g/mol. The van der Waals surface area contributed by atoms with E-state index in [2.05, 4.69) is 10.4 Å². The molecule has 3 aromatic rings. The van der Waals surface area contributed by atoms with Crippen LogP contribution in [0.15, 0.2) is 35.3 Å². The molecule has 118 valence electrons. The second kappa shape index (κ2) is 4.94. The highest BCUT2D eigenvalue weighted by atomic mass is 16.2. The van der Waals surface area contributed by atoms with E-state index in [1.165, 1.54) is 4.68 Å². The smallest absolute Gasteiger partial charge is 0.291 e. The summed E-state index contributed by atoms with van der Waals surface area (Å²) < 4.78 is 3.15. The Bertz CT molecular complexity index is 981. The third-order valence-corrected chi connectivity index (χ3v) is 4.50. The molecule has 2 aromatic heterocycles. The molecule has 6 heteroatoms. The monoisotopic (exact) mass is 310 g/mol. The molecule has 1 atom stereocenters. The lowest BCUT2D eigenvalue weighted by atomic mass is 10.2. The highest BCUT2D eigenvalue weighted by Crippen LogP contribution is 2.30. The van der Waals surface area contributed by atoms with Gasteiger partial charge in [0.05, 0.1) is 11.7 Å². The maximum atomic E-state index is 12.6. The number of aromatic nitrogens is 3. The van der Waals surface area contributed by atoms with Crippen LogP contribution < -0.4 is 10.9 Å². The molecule has 1 N–H and O–H groups in total. The number of amides is 1. The Morgan fingerprint density at radius 3 is 2.78 bits per heavy atom. The van der Waals surface area contributed by atoms with E-state index >= 15 is 0 Å². The van der Waals surface area contributed by atoms with Gasteiger partial charge in [0.15, 0.2) is 0 Å². The van der Waals surface area contributed by atoms with Crippen molar-refractivity contribution >= 4 is 27.7 Å². The van der Waals surface area contributed by atoms with Gasteiger partial charge in [-0.3, -0.25) is 9.59 Å². The molecule has 23 heavy (non-hydrogen) atoms. The first-order valence-electron chi connectivity index (χ1n) is 7.83. The van der Waals surface area contributed by atoms with Crippen molar-refractivity contribution in [2.75, 3.05) is 0 Å². The lowest BCUT2D eigenvalue weighted by Gasteiger charge is -2.16. The molecule has 1 fully saturated rings. The minimum absolute atomic E-state index is 0.0472. The Balaban J connectivity index is 2.00. The first-order valence-corrected chi connectivity index (χ1v) is 7.83. The predicted octanol–water partition coefficient (Wildman–Crippen LogP) is 1.73. The van der Waals surface area contributed by atoms with E-state index in [0.29, 0.717) is 11.6 Å². The molecule has 1 amide bonds. The fraction of sp³-hybridized carbons (Fsp3) is 0.353. The fourth-order valence-corrected chi connectivity index (χ4v) is 3.06.